The highest BCUT2D eigenvalue weighted by atomic mass is 16.8. The van der Waals surface area contributed by atoms with Crippen molar-refractivity contribution in [1.29, 1.82) is 0 Å². The Bertz CT molecular complexity index is 314. The Morgan fingerprint density at radius 2 is 2.00 bits per heavy atom. The number of cyclic esters (lactones) is 2. The molecule has 1 fully saturated rings. The van der Waals surface area contributed by atoms with Gasteiger partial charge in [-0.1, -0.05) is 40.7 Å². The van der Waals surface area contributed by atoms with Crippen LogP contribution in [0.5, 0.6) is 0 Å². The molecule has 2 unspecified atom stereocenters. The van der Waals surface area contributed by atoms with Crippen LogP contribution in [0.3, 0.4) is 0 Å². The lowest BCUT2D eigenvalue weighted by Gasteiger charge is -2.30. The summed E-state index contributed by atoms with van der Waals surface area (Å²) in [7, 11) is 0. The van der Waals surface area contributed by atoms with Gasteiger partial charge in [-0.3, -0.25) is 0 Å². The minimum atomic E-state index is -0.650. The van der Waals surface area contributed by atoms with Gasteiger partial charge in [0.2, 0.25) is 0 Å². The molecule has 3 nitrogen and oxygen atoms in total. The molecule has 0 saturated carbocycles. The molecule has 0 amide bonds. The standard InChI is InChI=1S/C14H24O3/c1-7-11(8-13(3,4)5)9-14(6)10(2)16-12(15)17-14/h11H,2,7-9H2,1,3-6H3. The molecule has 0 aromatic carbocycles. The Morgan fingerprint density at radius 1 is 1.41 bits per heavy atom. The van der Waals surface area contributed by atoms with Gasteiger partial charge in [0.15, 0.2) is 5.60 Å². The number of rotatable bonds is 4. The van der Waals surface area contributed by atoms with Crippen LogP contribution in [0.2, 0.25) is 0 Å². The van der Waals surface area contributed by atoms with Crippen molar-refractivity contribution >= 4 is 6.16 Å². The molecular formula is C14H24O3. The van der Waals surface area contributed by atoms with E-state index in [1.807, 2.05) is 6.92 Å². The third kappa shape index (κ3) is 3.76. The lowest BCUT2D eigenvalue weighted by atomic mass is 9.78. The second kappa shape index (κ2) is 4.71. The fraction of sp³-hybridized carbons (Fsp3) is 0.786. The zero-order valence-corrected chi connectivity index (χ0v) is 11.6. The van der Waals surface area contributed by atoms with Crippen LogP contribution in [-0.4, -0.2) is 11.8 Å². The van der Waals surface area contributed by atoms with Crippen LogP contribution in [0.1, 0.15) is 53.9 Å². The van der Waals surface area contributed by atoms with Crippen LogP contribution in [0, 0.1) is 11.3 Å². The first-order valence-electron chi connectivity index (χ1n) is 6.26. The molecule has 1 aliphatic heterocycles. The van der Waals surface area contributed by atoms with Gasteiger partial charge in [0, 0.05) is 0 Å². The van der Waals surface area contributed by atoms with Gasteiger partial charge in [0.25, 0.3) is 0 Å². The maximum Gasteiger partial charge on any atom is 0.514 e. The maximum atomic E-state index is 11.1. The monoisotopic (exact) mass is 240 g/mol. The molecule has 0 spiro atoms. The van der Waals surface area contributed by atoms with E-state index in [-0.39, 0.29) is 5.41 Å². The summed E-state index contributed by atoms with van der Waals surface area (Å²) in [5.74, 6) is 0.945. The summed E-state index contributed by atoms with van der Waals surface area (Å²) in [5, 5.41) is 0. The minimum Gasteiger partial charge on any atom is -0.419 e. The fourth-order valence-corrected chi connectivity index (χ4v) is 2.40. The van der Waals surface area contributed by atoms with Crippen molar-refractivity contribution in [2.24, 2.45) is 11.3 Å². The molecule has 0 N–H and O–H groups in total. The summed E-state index contributed by atoms with van der Waals surface area (Å²) in [6, 6.07) is 0. The SMILES string of the molecule is C=C1OC(=O)OC1(C)CC(CC)CC(C)(C)C. The van der Waals surface area contributed by atoms with Gasteiger partial charge < -0.3 is 9.47 Å². The molecular weight excluding hydrogens is 216 g/mol. The van der Waals surface area contributed by atoms with E-state index >= 15 is 0 Å². The van der Waals surface area contributed by atoms with Crippen molar-refractivity contribution in [3.05, 3.63) is 12.3 Å². The third-order valence-corrected chi connectivity index (χ3v) is 3.26. The first-order chi connectivity index (χ1) is 7.66. The first-order valence-corrected chi connectivity index (χ1v) is 6.26. The van der Waals surface area contributed by atoms with E-state index in [0.29, 0.717) is 11.7 Å². The van der Waals surface area contributed by atoms with Gasteiger partial charge in [-0.05, 0) is 31.1 Å². The van der Waals surface area contributed by atoms with E-state index in [0.717, 1.165) is 19.3 Å². The van der Waals surface area contributed by atoms with Crippen molar-refractivity contribution < 1.29 is 14.3 Å². The molecule has 17 heavy (non-hydrogen) atoms. The molecule has 0 aliphatic carbocycles. The minimum absolute atomic E-state index is 0.280. The maximum absolute atomic E-state index is 11.1. The van der Waals surface area contributed by atoms with Gasteiger partial charge >= 0.3 is 6.16 Å². The van der Waals surface area contributed by atoms with Crippen LogP contribution in [0.25, 0.3) is 0 Å². The van der Waals surface area contributed by atoms with Gasteiger partial charge in [-0.25, -0.2) is 4.79 Å². The summed E-state index contributed by atoms with van der Waals surface area (Å²) < 4.78 is 10.1. The van der Waals surface area contributed by atoms with Crippen LogP contribution in [0.15, 0.2) is 12.3 Å². The van der Waals surface area contributed by atoms with E-state index in [1.54, 1.807) is 0 Å². The normalized spacial score (nSPS) is 26.6. The Labute approximate surface area is 104 Å². The average molecular weight is 240 g/mol. The lowest BCUT2D eigenvalue weighted by molar-refractivity contribution is 0.0542. The molecule has 1 rings (SSSR count). The van der Waals surface area contributed by atoms with Crippen molar-refractivity contribution in [2.45, 2.75) is 59.5 Å². The molecule has 2 atom stereocenters. The molecule has 0 radical (unpaired) electrons. The topological polar surface area (TPSA) is 35.5 Å². The van der Waals surface area contributed by atoms with Crippen molar-refractivity contribution in [2.75, 3.05) is 0 Å². The summed E-state index contributed by atoms with van der Waals surface area (Å²) in [5.41, 5.74) is -0.370. The largest absolute Gasteiger partial charge is 0.514 e. The Hall–Kier alpha value is -0.990. The van der Waals surface area contributed by atoms with Gasteiger partial charge in [-0.2, -0.15) is 0 Å². The van der Waals surface area contributed by atoms with Gasteiger partial charge in [-0.15, -0.1) is 0 Å². The number of carbonyl (C=O) groups excluding carboxylic acids is 1. The van der Waals surface area contributed by atoms with E-state index in [9.17, 15) is 4.79 Å². The summed E-state index contributed by atoms with van der Waals surface area (Å²) in [4.78, 5) is 11.1. The van der Waals surface area contributed by atoms with Gasteiger partial charge in [0.1, 0.15) is 5.76 Å². The van der Waals surface area contributed by atoms with Crippen molar-refractivity contribution in [3.8, 4) is 0 Å². The molecule has 0 bridgehead atoms. The zero-order valence-electron chi connectivity index (χ0n) is 11.6. The fourth-order valence-electron chi connectivity index (χ4n) is 2.40. The van der Waals surface area contributed by atoms with Crippen LogP contribution >= 0.6 is 0 Å². The molecule has 1 heterocycles. The van der Waals surface area contributed by atoms with E-state index < -0.39 is 11.8 Å². The van der Waals surface area contributed by atoms with Crippen LogP contribution in [-0.2, 0) is 9.47 Å². The van der Waals surface area contributed by atoms with Crippen LogP contribution < -0.4 is 0 Å². The second-order valence-corrected chi connectivity index (χ2v) is 6.35. The first kappa shape index (κ1) is 14.1. The second-order valence-electron chi connectivity index (χ2n) is 6.35. The van der Waals surface area contributed by atoms with E-state index in [1.165, 1.54) is 0 Å². The summed E-state index contributed by atoms with van der Waals surface area (Å²) in [6.45, 7) is 14.5. The van der Waals surface area contributed by atoms with Crippen molar-refractivity contribution in [3.63, 3.8) is 0 Å². The Morgan fingerprint density at radius 3 is 2.35 bits per heavy atom. The smallest absolute Gasteiger partial charge is 0.419 e. The number of carbonyl (C=O) groups is 1. The van der Waals surface area contributed by atoms with Crippen LogP contribution in [0.4, 0.5) is 4.79 Å². The highest BCUT2D eigenvalue weighted by Crippen LogP contribution is 2.39. The molecule has 3 heteroatoms. The highest BCUT2D eigenvalue weighted by molar-refractivity contribution is 5.66. The summed E-state index contributed by atoms with van der Waals surface area (Å²) in [6.07, 6.45) is 2.33. The number of hydrogen-bond donors (Lipinski definition) is 0. The Kier molecular flexibility index (Phi) is 3.90. The summed E-state index contributed by atoms with van der Waals surface area (Å²) >= 11 is 0. The molecule has 1 saturated heterocycles. The molecule has 0 aromatic heterocycles. The van der Waals surface area contributed by atoms with E-state index in [2.05, 4.69) is 34.3 Å². The molecule has 98 valence electrons. The van der Waals surface area contributed by atoms with E-state index in [4.69, 9.17) is 9.47 Å². The molecule has 0 aromatic rings. The van der Waals surface area contributed by atoms with Gasteiger partial charge in [0.05, 0.1) is 0 Å². The molecule has 1 aliphatic rings. The quantitative estimate of drug-likeness (QED) is 0.688. The highest BCUT2D eigenvalue weighted by Gasteiger charge is 2.43. The predicted molar refractivity (Wildman–Crippen MR) is 67.6 cm³/mol. The van der Waals surface area contributed by atoms with Crippen molar-refractivity contribution in [1.82, 2.24) is 0 Å². The lowest BCUT2D eigenvalue weighted by Crippen LogP contribution is -2.30. The zero-order chi connectivity index (χ0) is 13.3. The number of hydrogen-bond acceptors (Lipinski definition) is 3. The third-order valence-electron chi connectivity index (χ3n) is 3.26. The number of ether oxygens (including phenoxy) is 2. The predicted octanol–water partition coefficient (Wildman–Crippen LogP) is 4.28. The average Bonchev–Trinajstić information content (AvgIpc) is 2.37. The Balaban J connectivity index is 2.68.